The lowest BCUT2D eigenvalue weighted by molar-refractivity contribution is -0.143. The van der Waals surface area contributed by atoms with Crippen molar-refractivity contribution in [3.63, 3.8) is 0 Å². The molecule has 0 spiro atoms. The summed E-state index contributed by atoms with van der Waals surface area (Å²) >= 11 is 5.86. The van der Waals surface area contributed by atoms with Crippen LogP contribution in [0, 0.1) is 0 Å². The first-order valence-electron chi connectivity index (χ1n) is 10.4. The van der Waals surface area contributed by atoms with E-state index >= 15 is 0 Å². The fourth-order valence-electron chi connectivity index (χ4n) is 3.47. The first-order chi connectivity index (χ1) is 13.5. The lowest BCUT2D eigenvalue weighted by Crippen LogP contribution is -2.35. The van der Waals surface area contributed by atoms with Crippen molar-refractivity contribution in [2.75, 3.05) is 6.61 Å². The van der Waals surface area contributed by atoms with E-state index in [4.69, 9.17) is 16.3 Å². The summed E-state index contributed by atoms with van der Waals surface area (Å²) in [4.78, 5) is 12.0. The Morgan fingerprint density at radius 2 is 1.43 bits per heavy atom. The van der Waals surface area contributed by atoms with E-state index in [1.165, 1.54) is 31.4 Å². The van der Waals surface area contributed by atoms with Gasteiger partial charge in [0.15, 0.2) is 0 Å². The SMILES string of the molecule is O=C1CCCCCCCCCCC(NS(=O)(=O)c2ccc(Cl)cc2)CCCO1. The summed E-state index contributed by atoms with van der Waals surface area (Å²) in [5.41, 5.74) is 0. The first kappa shape index (κ1) is 23.2. The van der Waals surface area contributed by atoms with Crippen molar-refractivity contribution < 1.29 is 17.9 Å². The lowest BCUT2D eigenvalue weighted by Gasteiger charge is -2.19. The second kappa shape index (κ2) is 12.5. The summed E-state index contributed by atoms with van der Waals surface area (Å²) in [6, 6.07) is 6.03. The van der Waals surface area contributed by atoms with Gasteiger partial charge in [-0.3, -0.25) is 4.79 Å². The average molecular weight is 430 g/mol. The van der Waals surface area contributed by atoms with Crippen LogP contribution in [0.1, 0.15) is 77.0 Å². The second-order valence-electron chi connectivity index (χ2n) is 7.50. The lowest BCUT2D eigenvalue weighted by atomic mass is 10.0. The van der Waals surface area contributed by atoms with Crippen molar-refractivity contribution in [2.24, 2.45) is 0 Å². The van der Waals surface area contributed by atoms with Gasteiger partial charge in [-0.05, 0) is 49.9 Å². The fourth-order valence-corrected chi connectivity index (χ4v) is 4.90. The summed E-state index contributed by atoms with van der Waals surface area (Å²) in [6.45, 7) is 0.345. The molecule has 1 N–H and O–H groups in total. The number of nitrogens with one attached hydrogen (secondary N) is 1. The number of sulfonamides is 1. The number of rotatable bonds is 3. The predicted molar refractivity (Wildman–Crippen MR) is 112 cm³/mol. The highest BCUT2D eigenvalue weighted by Crippen LogP contribution is 2.18. The van der Waals surface area contributed by atoms with Gasteiger partial charge in [0.1, 0.15) is 0 Å². The van der Waals surface area contributed by atoms with Crippen LogP contribution in [-0.2, 0) is 19.6 Å². The largest absolute Gasteiger partial charge is 0.466 e. The summed E-state index contributed by atoms with van der Waals surface area (Å²) in [5.74, 6) is -0.148. The van der Waals surface area contributed by atoms with Crippen molar-refractivity contribution in [3.05, 3.63) is 29.3 Å². The van der Waals surface area contributed by atoms with Crippen LogP contribution in [0.3, 0.4) is 0 Å². The fraction of sp³-hybridized carbons (Fsp3) is 0.667. The molecule has 158 valence electrons. The third-order valence-electron chi connectivity index (χ3n) is 5.09. The maximum absolute atomic E-state index is 12.7. The van der Waals surface area contributed by atoms with Crippen LogP contribution < -0.4 is 4.72 Å². The van der Waals surface area contributed by atoms with Crippen LogP contribution in [0.15, 0.2) is 29.2 Å². The van der Waals surface area contributed by atoms with Gasteiger partial charge < -0.3 is 4.74 Å². The van der Waals surface area contributed by atoms with Crippen molar-refractivity contribution in [1.82, 2.24) is 4.72 Å². The molecule has 0 radical (unpaired) electrons. The zero-order valence-electron chi connectivity index (χ0n) is 16.5. The third kappa shape index (κ3) is 8.93. The molecule has 5 nitrogen and oxygen atoms in total. The quantitative estimate of drug-likeness (QED) is 0.668. The Kier molecular flexibility index (Phi) is 10.3. The maximum Gasteiger partial charge on any atom is 0.305 e. The maximum atomic E-state index is 12.7. The molecule has 1 aromatic rings. The normalized spacial score (nSPS) is 21.8. The minimum atomic E-state index is -3.59. The predicted octanol–water partition coefficient (Wildman–Crippen LogP) is 5.22. The number of esters is 1. The molecular weight excluding hydrogens is 398 g/mol. The van der Waals surface area contributed by atoms with Crippen molar-refractivity contribution in [3.8, 4) is 0 Å². The molecule has 2 rings (SSSR count). The Hall–Kier alpha value is -1.11. The van der Waals surface area contributed by atoms with Crippen LogP contribution in [-0.4, -0.2) is 27.0 Å². The number of hydrogen-bond donors (Lipinski definition) is 1. The molecule has 0 bridgehead atoms. The molecule has 1 saturated heterocycles. The zero-order chi connectivity index (χ0) is 20.2. The van der Waals surface area contributed by atoms with Crippen molar-refractivity contribution in [2.45, 2.75) is 88.0 Å². The van der Waals surface area contributed by atoms with E-state index in [1.54, 1.807) is 12.1 Å². The van der Waals surface area contributed by atoms with E-state index in [1.807, 2.05) is 0 Å². The molecule has 0 aromatic heterocycles. The minimum absolute atomic E-state index is 0.148. The van der Waals surface area contributed by atoms with E-state index in [2.05, 4.69) is 4.72 Å². The van der Waals surface area contributed by atoms with Gasteiger partial charge in [0, 0.05) is 17.5 Å². The molecule has 7 heteroatoms. The van der Waals surface area contributed by atoms with Crippen molar-refractivity contribution >= 4 is 27.6 Å². The first-order valence-corrected chi connectivity index (χ1v) is 12.3. The molecule has 28 heavy (non-hydrogen) atoms. The summed E-state index contributed by atoms with van der Waals surface area (Å²) in [5, 5.41) is 0.505. The van der Waals surface area contributed by atoms with Crippen LogP contribution in [0.2, 0.25) is 5.02 Å². The van der Waals surface area contributed by atoms with Crippen LogP contribution in [0.25, 0.3) is 0 Å². The Morgan fingerprint density at radius 3 is 2.11 bits per heavy atom. The monoisotopic (exact) mass is 429 g/mol. The van der Waals surface area contributed by atoms with Gasteiger partial charge in [0.2, 0.25) is 10.0 Å². The van der Waals surface area contributed by atoms with Gasteiger partial charge in [-0.2, -0.15) is 0 Å². The number of cyclic esters (lactones) is 1. The molecule has 1 atom stereocenters. The Balaban J connectivity index is 1.94. The molecule has 1 heterocycles. The molecule has 1 unspecified atom stereocenters. The average Bonchev–Trinajstić information content (AvgIpc) is 2.65. The standard InChI is InChI=1S/C21H32ClNO4S/c22-18-13-15-20(16-14-18)28(25,26)23-19-10-7-5-3-1-2-4-6-8-12-21(24)27-17-9-11-19/h13-16,19,23H,1-12,17H2. The Bertz CT molecular complexity index is 691. The zero-order valence-corrected chi connectivity index (χ0v) is 18.1. The number of carbonyl (C=O) groups is 1. The molecule has 0 saturated carbocycles. The van der Waals surface area contributed by atoms with E-state index < -0.39 is 10.0 Å². The molecule has 0 amide bonds. The minimum Gasteiger partial charge on any atom is -0.466 e. The highest BCUT2D eigenvalue weighted by Gasteiger charge is 2.20. The Labute approximate surface area is 174 Å². The molecular formula is C21H32ClNO4S. The smallest absolute Gasteiger partial charge is 0.305 e. The number of carbonyl (C=O) groups excluding carboxylic acids is 1. The topological polar surface area (TPSA) is 72.5 Å². The highest BCUT2D eigenvalue weighted by molar-refractivity contribution is 7.89. The van der Waals surface area contributed by atoms with E-state index in [0.717, 1.165) is 38.5 Å². The summed E-state index contributed by atoms with van der Waals surface area (Å²) in [6.07, 6.45) is 11.4. The van der Waals surface area contributed by atoms with Crippen LogP contribution in [0.4, 0.5) is 0 Å². The van der Waals surface area contributed by atoms with Crippen LogP contribution >= 0.6 is 11.6 Å². The molecule has 1 aromatic carbocycles. The van der Waals surface area contributed by atoms with Crippen LogP contribution in [0.5, 0.6) is 0 Å². The van der Waals surface area contributed by atoms with Gasteiger partial charge >= 0.3 is 5.97 Å². The van der Waals surface area contributed by atoms with E-state index in [9.17, 15) is 13.2 Å². The van der Waals surface area contributed by atoms with E-state index in [-0.39, 0.29) is 16.9 Å². The van der Waals surface area contributed by atoms with Gasteiger partial charge in [-0.1, -0.05) is 56.5 Å². The Morgan fingerprint density at radius 1 is 0.857 bits per heavy atom. The van der Waals surface area contributed by atoms with Crippen molar-refractivity contribution in [1.29, 1.82) is 0 Å². The third-order valence-corrected chi connectivity index (χ3v) is 6.88. The number of benzene rings is 1. The summed E-state index contributed by atoms with van der Waals surface area (Å²) in [7, 11) is -3.59. The van der Waals surface area contributed by atoms with Gasteiger partial charge in [0.05, 0.1) is 11.5 Å². The molecule has 0 aliphatic carbocycles. The number of halogens is 1. The van der Waals surface area contributed by atoms with Gasteiger partial charge in [0.25, 0.3) is 0 Å². The van der Waals surface area contributed by atoms with Gasteiger partial charge in [-0.15, -0.1) is 0 Å². The highest BCUT2D eigenvalue weighted by atomic mass is 35.5. The van der Waals surface area contributed by atoms with Gasteiger partial charge in [-0.25, -0.2) is 13.1 Å². The molecule has 1 aliphatic rings. The number of ether oxygens (including phenoxy) is 1. The van der Waals surface area contributed by atoms with E-state index in [0.29, 0.717) is 30.9 Å². The molecule has 1 aliphatic heterocycles. The second-order valence-corrected chi connectivity index (χ2v) is 9.65. The summed E-state index contributed by atoms with van der Waals surface area (Å²) < 4.78 is 33.5. The number of hydrogen-bond acceptors (Lipinski definition) is 4. The molecule has 1 fully saturated rings.